The molecular weight excluding hydrogens is 280 g/mol. The van der Waals surface area contributed by atoms with Gasteiger partial charge in [0, 0.05) is 12.0 Å². The Morgan fingerprint density at radius 3 is 2.68 bits per heavy atom. The summed E-state index contributed by atoms with van der Waals surface area (Å²) in [6, 6.07) is 7.54. The number of benzene rings is 1. The quantitative estimate of drug-likeness (QED) is 0.782. The van der Waals surface area contributed by atoms with Crippen molar-refractivity contribution in [3.05, 3.63) is 53.5 Å². The lowest BCUT2D eigenvalue weighted by atomic mass is 10.0. The molecule has 0 radical (unpaired) electrons. The Labute approximate surface area is 131 Å². The van der Waals surface area contributed by atoms with Gasteiger partial charge in [-0.3, -0.25) is 0 Å². The summed E-state index contributed by atoms with van der Waals surface area (Å²) in [4.78, 5) is 0. The zero-order valence-corrected chi connectivity index (χ0v) is 13.3. The van der Waals surface area contributed by atoms with Crippen LogP contribution in [-0.4, -0.2) is 19.3 Å². The van der Waals surface area contributed by atoms with E-state index in [-0.39, 0.29) is 5.75 Å². The summed E-state index contributed by atoms with van der Waals surface area (Å²) in [6.07, 6.45) is 6.31. The molecule has 1 aromatic carbocycles. The Morgan fingerprint density at radius 2 is 2.05 bits per heavy atom. The Morgan fingerprint density at radius 1 is 1.23 bits per heavy atom. The third kappa shape index (κ3) is 3.85. The molecule has 0 unspecified atom stereocenters. The average molecular weight is 302 g/mol. The molecule has 0 bridgehead atoms. The largest absolute Gasteiger partial charge is 0.504 e. The summed E-state index contributed by atoms with van der Waals surface area (Å²) < 4.78 is 15.7. The van der Waals surface area contributed by atoms with Crippen LogP contribution in [0.15, 0.2) is 46.6 Å². The van der Waals surface area contributed by atoms with Crippen molar-refractivity contribution in [1.29, 1.82) is 0 Å². The van der Waals surface area contributed by atoms with E-state index in [9.17, 15) is 5.11 Å². The van der Waals surface area contributed by atoms with Gasteiger partial charge in [0.1, 0.15) is 5.76 Å². The van der Waals surface area contributed by atoms with E-state index < -0.39 is 0 Å². The molecule has 0 fully saturated rings. The standard InChI is InChI=1S/C18H22O4/c1-13(6-4-7-15-8-5-11-22-15)12-14-9-10-16(20-2)18(21-3)17(14)19/h5-6,8-11,19H,4,7,12H2,1-3H3/b13-6+. The maximum Gasteiger partial charge on any atom is 0.203 e. The Kier molecular flexibility index (Phi) is 5.53. The number of hydrogen-bond acceptors (Lipinski definition) is 4. The van der Waals surface area contributed by atoms with Gasteiger partial charge < -0.3 is 19.0 Å². The van der Waals surface area contributed by atoms with E-state index in [0.717, 1.165) is 24.2 Å². The Bertz CT molecular complexity index is 627. The van der Waals surface area contributed by atoms with Crippen molar-refractivity contribution >= 4 is 0 Å². The van der Waals surface area contributed by atoms with E-state index in [4.69, 9.17) is 13.9 Å². The molecule has 0 saturated heterocycles. The maximum absolute atomic E-state index is 10.3. The summed E-state index contributed by atoms with van der Waals surface area (Å²) in [7, 11) is 3.07. The van der Waals surface area contributed by atoms with Crippen LogP contribution in [0, 0.1) is 0 Å². The summed E-state index contributed by atoms with van der Waals surface area (Å²) >= 11 is 0. The highest BCUT2D eigenvalue weighted by Gasteiger charge is 2.13. The van der Waals surface area contributed by atoms with E-state index in [1.54, 1.807) is 13.4 Å². The molecule has 0 saturated carbocycles. The molecule has 0 amide bonds. The lowest BCUT2D eigenvalue weighted by Gasteiger charge is -2.13. The topological polar surface area (TPSA) is 51.8 Å². The smallest absolute Gasteiger partial charge is 0.203 e. The summed E-state index contributed by atoms with van der Waals surface area (Å²) in [5, 5.41) is 10.3. The minimum atomic E-state index is 0.139. The molecule has 2 rings (SSSR count). The van der Waals surface area contributed by atoms with Gasteiger partial charge in [0.2, 0.25) is 5.75 Å². The highest BCUT2D eigenvalue weighted by molar-refractivity contribution is 5.55. The number of phenolic OH excluding ortho intramolecular Hbond substituents is 1. The average Bonchev–Trinajstić information content (AvgIpc) is 3.02. The van der Waals surface area contributed by atoms with Crippen LogP contribution in [0.3, 0.4) is 0 Å². The fourth-order valence-electron chi connectivity index (χ4n) is 2.38. The molecule has 118 valence electrons. The number of rotatable bonds is 7. The summed E-state index contributed by atoms with van der Waals surface area (Å²) in [5.74, 6) is 2.03. The number of aryl methyl sites for hydroxylation is 1. The van der Waals surface area contributed by atoms with Gasteiger partial charge in [0.15, 0.2) is 11.5 Å². The molecule has 0 aliphatic rings. The summed E-state index contributed by atoms with van der Waals surface area (Å²) in [5.41, 5.74) is 2.01. The first-order valence-electron chi connectivity index (χ1n) is 7.26. The zero-order valence-electron chi connectivity index (χ0n) is 13.3. The second kappa shape index (κ2) is 7.59. The monoisotopic (exact) mass is 302 g/mol. The molecule has 0 aliphatic carbocycles. The lowest BCUT2D eigenvalue weighted by Crippen LogP contribution is -1.95. The first kappa shape index (κ1) is 16.0. The highest BCUT2D eigenvalue weighted by Crippen LogP contribution is 2.39. The summed E-state index contributed by atoms with van der Waals surface area (Å²) in [6.45, 7) is 2.05. The van der Waals surface area contributed by atoms with E-state index in [0.29, 0.717) is 17.9 Å². The van der Waals surface area contributed by atoms with Gasteiger partial charge in [-0.25, -0.2) is 0 Å². The van der Waals surface area contributed by atoms with Gasteiger partial charge in [0.25, 0.3) is 0 Å². The van der Waals surface area contributed by atoms with Crippen molar-refractivity contribution in [2.45, 2.75) is 26.2 Å². The molecule has 0 aliphatic heterocycles. The third-order valence-corrected chi connectivity index (χ3v) is 3.54. The van der Waals surface area contributed by atoms with Gasteiger partial charge >= 0.3 is 0 Å². The van der Waals surface area contributed by atoms with Gasteiger partial charge in [-0.1, -0.05) is 17.7 Å². The van der Waals surface area contributed by atoms with Crippen molar-refractivity contribution in [2.75, 3.05) is 14.2 Å². The van der Waals surface area contributed by atoms with Crippen molar-refractivity contribution in [3.8, 4) is 17.2 Å². The second-order valence-electron chi connectivity index (χ2n) is 5.15. The van der Waals surface area contributed by atoms with Crippen molar-refractivity contribution in [1.82, 2.24) is 0 Å². The van der Waals surface area contributed by atoms with Crippen LogP contribution >= 0.6 is 0 Å². The molecule has 4 nitrogen and oxygen atoms in total. The van der Waals surface area contributed by atoms with E-state index in [1.807, 2.05) is 24.3 Å². The normalized spacial score (nSPS) is 11.5. The number of phenols is 1. The lowest BCUT2D eigenvalue weighted by molar-refractivity contribution is 0.331. The molecule has 0 atom stereocenters. The zero-order chi connectivity index (χ0) is 15.9. The maximum atomic E-state index is 10.3. The fourth-order valence-corrected chi connectivity index (χ4v) is 2.38. The van der Waals surface area contributed by atoms with Crippen LogP contribution in [0.5, 0.6) is 17.2 Å². The van der Waals surface area contributed by atoms with Crippen molar-refractivity contribution in [3.63, 3.8) is 0 Å². The minimum absolute atomic E-state index is 0.139. The van der Waals surface area contributed by atoms with Crippen LogP contribution in [0.25, 0.3) is 0 Å². The molecule has 1 heterocycles. The fraction of sp³-hybridized carbons (Fsp3) is 0.333. The number of furan rings is 1. The van der Waals surface area contributed by atoms with E-state index in [1.165, 1.54) is 12.7 Å². The minimum Gasteiger partial charge on any atom is -0.504 e. The number of methoxy groups -OCH3 is 2. The molecular formula is C18H22O4. The van der Waals surface area contributed by atoms with Crippen molar-refractivity contribution in [2.24, 2.45) is 0 Å². The Hall–Kier alpha value is -2.36. The van der Waals surface area contributed by atoms with Crippen LogP contribution in [-0.2, 0) is 12.8 Å². The Balaban J connectivity index is 2.03. The molecule has 1 aromatic heterocycles. The van der Waals surface area contributed by atoms with E-state index in [2.05, 4.69) is 13.0 Å². The second-order valence-corrected chi connectivity index (χ2v) is 5.15. The van der Waals surface area contributed by atoms with Gasteiger partial charge in [-0.15, -0.1) is 0 Å². The van der Waals surface area contributed by atoms with Crippen LogP contribution in [0.1, 0.15) is 24.7 Å². The number of allylic oxidation sites excluding steroid dienone is 2. The van der Waals surface area contributed by atoms with Crippen LogP contribution in [0.4, 0.5) is 0 Å². The first-order valence-corrected chi connectivity index (χ1v) is 7.26. The van der Waals surface area contributed by atoms with Crippen molar-refractivity contribution < 1.29 is 19.0 Å². The molecule has 4 heteroatoms. The number of hydrogen-bond donors (Lipinski definition) is 1. The SMILES string of the molecule is COc1ccc(C/C(C)=C/CCc2ccco2)c(O)c1OC. The molecule has 1 N–H and O–H groups in total. The number of aromatic hydroxyl groups is 1. The van der Waals surface area contributed by atoms with Gasteiger partial charge in [-0.2, -0.15) is 0 Å². The number of ether oxygens (including phenoxy) is 2. The predicted molar refractivity (Wildman–Crippen MR) is 85.7 cm³/mol. The molecule has 0 spiro atoms. The van der Waals surface area contributed by atoms with E-state index >= 15 is 0 Å². The van der Waals surface area contributed by atoms with Crippen LogP contribution in [0.2, 0.25) is 0 Å². The van der Waals surface area contributed by atoms with Gasteiger partial charge in [-0.05, 0) is 38.0 Å². The van der Waals surface area contributed by atoms with Gasteiger partial charge in [0.05, 0.1) is 20.5 Å². The molecule has 22 heavy (non-hydrogen) atoms. The first-order chi connectivity index (χ1) is 10.7. The third-order valence-electron chi connectivity index (χ3n) is 3.54. The molecule has 2 aromatic rings. The highest BCUT2D eigenvalue weighted by atomic mass is 16.5. The van der Waals surface area contributed by atoms with Crippen LogP contribution < -0.4 is 9.47 Å². The predicted octanol–water partition coefficient (Wildman–Crippen LogP) is 4.12.